The molecule has 1 N–H and O–H groups in total. The van der Waals surface area contributed by atoms with Crippen LogP contribution in [0.3, 0.4) is 0 Å². The van der Waals surface area contributed by atoms with Crippen molar-refractivity contribution >= 4 is 11.9 Å². The molecular weight excluding hydrogens is 909 g/mol. The Kier molecular flexibility index (Phi) is 59.0. The molecule has 1 atom stereocenters. The van der Waals surface area contributed by atoms with Crippen LogP contribution >= 0.6 is 0 Å². The number of aliphatic hydroxyl groups excluding tert-OH is 1. The molecule has 0 amide bonds. The van der Waals surface area contributed by atoms with Gasteiger partial charge < -0.3 is 14.6 Å². The van der Waals surface area contributed by atoms with Gasteiger partial charge in [0.05, 0.1) is 6.61 Å². The molecule has 0 bridgehead atoms. The summed E-state index contributed by atoms with van der Waals surface area (Å²) in [4.78, 5) is 24.6. The summed E-state index contributed by atoms with van der Waals surface area (Å²) >= 11 is 0. The number of aliphatic hydroxyl groups is 1. The van der Waals surface area contributed by atoms with Gasteiger partial charge in [-0.25, -0.2) is 0 Å². The van der Waals surface area contributed by atoms with Crippen molar-refractivity contribution in [3.05, 3.63) is 158 Å². The van der Waals surface area contributed by atoms with Crippen molar-refractivity contribution in [2.24, 2.45) is 0 Å². The van der Waals surface area contributed by atoms with Crippen molar-refractivity contribution in [1.82, 2.24) is 0 Å². The molecule has 0 saturated carbocycles. The van der Waals surface area contributed by atoms with Crippen molar-refractivity contribution in [1.29, 1.82) is 0 Å². The summed E-state index contributed by atoms with van der Waals surface area (Å²) in [6, 6.07) is 0. The second-order valence-electron chi connectivity index (χ2n) is 19.3. The van der Waals surface area contributed by atoms with E-state index < -0.39 is 6.10 Å². The molecule has 5 nitrogen and oxygen atoms in total. The lowest BCUT2D eigenvalue weighted by Gasteiger charge is -2.15. The zero-order valence-electron chi connectivity index (χ0n) is 47.5. The summed E-state index contributed by atoms with van der Waals surface area (Å²) in [5.74, 6) is -0.635. The minimum absolute atomic E-state index is 0.0883. The van der Waals surface area contributed by atoms with Crippen LogP contribution in [0.25, 0.3) is 0 Å². The molecule has 0 aliphatic carbocycles. The predicted molar refractivity (Wildman–Crippen MR) is 324 cm³/mol. The van der Waals surface area contributed by atoms with E-state index in [2.05, 4.69) is 172 Å². The molecule has 416 valence electrons. The van der Waals surface area contributed by atoms with Crippen LogP contribution in [0.1, 0.15) is 245 Å². The molecule has 0 heterocycles. The van der Waals surface area contributed by atoms with Gasteiger partial charge in [-0.2, -0.15) is 0 Å². The zero-order valence-corrected chi connectivity index (χ0v) is 47.5. The molecule has 0 fully saturated rings. The molecule has 0 aliphatic rings. The van der Waals surface area contributed by atoms with Crippen molar-refractivity contribution in [2.45, 2.75) is 251 Å². The van der Waals surface area contributed by atoms with Gasteiger partial charge in [0.15, 0.2) is 6.10 Å². The Bertz CT molecular complexity index is 1620. The van der Waals surface area contributed by atoms with E-state index in [1.807, 2.05) is 0 Å². The van der Waals surface area contributed by atoms with Crippen LogP contribution < -0.4 is 0 Å². The second kappa shape index (κ2) is 62.8. The SMILES string of the molecule is CC/C=C\C/C=C\C/C=C\C/C=C\C/C=C\C/C=C\C/C=C\CCCCCC(=O)OC(CO)COC(=O)CCCCCCCCCCCCCCCCCC/C=C\C/C=C\C/C=C\C/C=C\C/C=C\C/C=C\CC. The van der Waals surface area contributed by atoms with E-state index >= 15 is 0 Å². The van der Waals surface area contributed by atoms with E-state index in [1.54, 1.807) is 0 Å². The Hall–Kier alpha value is -4.48. The third kappa shape index (κ3) is 60.1. The quantitative estimate of drug-likeness (QED) is 0.0373. The van der Waals surface area contributed by atoms with E-state index in [0.29, 0.717) is 12.8 Å². The van der Waals surface area contributed by atoms with Gasteiger partial charge in [0, 0.05) is 12.8 Å². The van der Waals surface area contributed by atoms with Gasteiger partial charge in [0.2, 0.25) is 0 Å². The Labute approximate surface area is 456 Å². The first-order chi connectivity index (χ1) is 36.6. The van der Waals surface area contributed by atoms with Crippen molar-refractivity contribution in [3.63, 3.8) is 0 Å². The predicted octanol–water partition coefficient (Wildman–Crippen LogP) is 20.7. The number of unbranched alkanes of at least 4 members (excludes halogenated alkanes) is 19. The van der Waals surface area contributed by atoms with Crippen LogP contribution in [0.5, 0.6) is 0 Å². The first kappa shape index (κ1) is 69.5. The highest BCUT2D eigenvalue weighted by atomic mass is 16.6. The summed E-state index contributed by atoms with van der Waals surface area (Å²) in [5, 5.41) is 9.66. The first-order valence-corrected chi connectivity index (χ1v) is 30.0. The number of ether oxygens (including phenoxy) is 2. The highest BCUT2D eigenvalue weighted by Crippen LogP contribution is 2.15. The largest absolute Gasteiger partial charge is 0.462 e. The van der Waals surface area contributed by atoms with E-state index in [4.69, 9.17) is 9.47 Å². The van der Waals surface area contributed by atoms with Crippen LogP contribution in [-0.4, -0.2) is 36.4 Å². The fraction of sp³-hybridized carbons (Fsp3) is 0.594. The van der Waals surface area contributed by atoms with E-state index in [9.17, 15) is 14.7 Å². The van der Waals surface area contributed by atoms with Gasteiger partial charge in [-0.3, -0.25) is 9.59 Å². The lowest BCUT2D eigenvalue weighted by molar-refractivity contribution is -0.161. The highest BCUT2D eigenvalue weighted by Gasteiger charge is 2.16. The average molecular weight is 1020 g/mol. The summed E-state index contributed by atoms with van der Waals surface area (Å²) in [6.07, 6.45) is 96.5. The van der Waals surface area contributed by atoms with Gasteiger partial charge in [-0.05, 0) is 122 Å². The normalized spacial score (nSPS) is 13.4. The topological polar surface area (TPSA) is 72.8 Å². The minimum atomic E-state index is -0.802. The molecule has 0 aromatic rings. The molecule has 0 aromatic heterocycles. The van der Waals surface area contributed by atoms with Gasteiger partial charge in [-0.15, -0.1) is 0 Å². The summed E-state index contributed by atoms with van der Waals surface area (Å²) in [7, 11) is 0. The molecule has 1 unspecified atom stereocenters. The molecule has 0 saturated heterocycles. The second-order valence-corrected chi connectivity index (χ2v) is 19.3. The number of carbonyl (C=O) groups excluding carboxylic acids is 2. The molecule has 0 radical (unpaired) electrons. The maximum Gasteiger partial charge on any atom is 0.306 e. The van der Waals surface area contributed by atoms with Crippen LogP contribution in [0, 0.1) is 0 Å². The van der Waals surface area contributed by atoms with Crippen molar-refractivity contribution in [2.75, 3.05) is 13.2 Å². The van der Waals surface area contributed by atoms with Crippen LogP contribution in [0.15, 0.2) is 158 Å². The lowest BCUT2D eigenvalue weighted by atomic mass is 10.0. The molecule has 0 rings (SSSR count). The van der Waals surface area contributed by atoms with E-state index in [1.165, 1.54) is 89.9 Å². The molecule has 5 heteroatoms. The van der Waals surface area contributed by atoms with Gasteiger partial charge in [-0.1, -0.05) is 268 Å². The van der Waals surface area contributed by atoms with Crippen molar-refractivity contribution in [3.8, 4) is 0 Å². The number of allylic oxidation sites excluding steroid dienone is 26. The van der Waals surface area contributed by atoms with Gasteiger partial charge in [0.25, 0.3) is 0 Å². The van der Waals surface area contributed by atoms with Gasteiger partial charge in [0.1, 0.15) is 6.61 Å². The molecule has 0 spiro atoms. The van der Waals surface area contributed by atoms with Crippen LogP contribution in [0.4, 0.5) is 0 Å². The Morgan fingerprint density at radius 3 is 0.824 bits per heavy atom. The standard InChI is InChI=1S/C69H110O5/c1-3-5-7-9-11-13-15-17-19-21-23-25-27-29-30-31-32-33-34-35-36-37-38-40-41-43-45-47-49-51-53-55-57-59-61-63-68(71)73-66-67(65-70)74-69(72)64-62-60-58-56-54-52-50-48-46-44-42-39-28-26-24-22-20-18-16-14-12-10-8-6-4-2/h5-8,11-14,17-20,23-26,29-30,32-33,39,42,46,48,52,54,67,70H,3-4,9-10,15-16,21-22,27-28,31,34-38,40-41,43-45,47,49-51,53,55-66H2,1-2H3/b7-5-,8-6-,13-11-,14-12-,19-17-,20-18-,25-23-,26-24-,30-29-,33-32-,42-39-,48-46-,54-52-. The summed E-state index contributed by atoms with van der Waals surface area (Å²) in [6.45, 7) is 3.88. The Morgan fingerprint density at radius 1 is 0.311 bits per heavy atom. The van der Waals surface area contributed by atoms with E-state index in [-0.39, 0.29) is 25.2 Å². The molecule has 0 aliphatic heterocycles. The third-order valence-corrected chi connectivity index (χ3v) is 12.3. The molecule has 0 aromatic carbocycles. The monoisotopic (exact) mass is 1020 g/mol. The fourth-order valence-corrected chi connectivity index (χ4v) is 7.89. The average Bonchev–Trinajstić information content (AvgIpc) is 3.40. The van der Waals surface area contributed by atoms with Crippen molar-refractivity contribution < 1.29 is 24.2 Å². The maximum atomic E-state index is 12.3. The third-order valence-electron chi connectivity index (χ3n) is 12.3. The summed E-state index contributed by atoms with van der Waals surface area (Å²) in [5.41, 5.74) is 0. The Balaban J connectivity index is 3.57. The fourth-order valence-electron chi connectivity index (χ4n) is 7.89. The summed E-state index contributed by atoms with van der Waals surface area (Å²) < 4.78 is 10.7. The number of carbonyl (C=O) groups is 2. The number of hydrogen-bond donors (Lipinski definition) is 1. The zero-order chi connectivity index (χ0) is 53.4. The number of esters is 2. The first-order valence-electron chi connectivity index (χ1n) is 30.0. The number of rotatable bonds is 53. The van der Waals surface area contributed by atoms with E-state index in [0.717, 1.165) is 128 Å². The van der Waals surface area contributed by atoms with Crippen LogP contribution in [0.2, 0.25) is 0 Å². The minimum Gasteiger partial charge on any atom is -0.462 e. The number of hydrogen-bond acceptors (Lipinski definition) is 5. The molecule has 74 heavy (non-hydrogen) atoms. The maximum absolute atomic E-state index is 12.3. The van der Waals surface area contributed by atoms with Crippen LogP contribution in [-0.2, 0) is 19.1 Å². The molecular formula is C69H110O5. The van der Waals surface area contributed by atoms with Gasteiger partial charge >= 0.3 is 11.9 Å². The Morgan fingerprint density at radius 2 is 0.541 bits per heavy atom. The highest BCUT2D eigenvalue weighted by molar-refractivity contribution is 5.70. The lowest BCUT2D eigenvalue weighted by Crippen LogP contribution is -2.28. The smallest absolute Gasteiger partial charge is 0.306 e.